The van der Waals surface area contributed by atoms with Gasteiger partial charge in [0.1, 0.15) is 0 Å². The first-order chi connectivity index (χ1) is 10.4. The van der Waals surface area contributed by atoms with Gasteiger partial charge < -0.3 is 10.2 Å². The lowest BCUT2D eigenvalue weighted by atomic mass is 10.0. The zero-order valence-corrected chi connectivity index (χ0v) is 12.9. The van der Waals surface area contributed by atoms with Gasteiger partial charge in [0, 0.05) is 44.6 Å². The Balaban J connectivity index is 1.34. The van der Waals surface area contributed by atoms with Crippen molar-refractivity contribution in [3.63, 3.8) is 0 Å². The molecule has 5 nitrogen and oxygen atoms in total. The maximum atomic E-state index is 4.34. The van der Waals surface area contributed by atoms with Crippen LogP contribution in [0.5, 0.6) is 0 Å². The van der Waals surface area contributed by atoms with Crippen molar-refractivity contribution < 1.29 is 0 Å². The Morgan fingerprint density at radius 2 is 1.90 bits per heavy atom. The molecule has 2 aliphatic rings. The largest absolute Gasteiger partial charge is 0.338 e. The smallest absolute Gasteiger partial charge is 0.225 e. The zero-order valence-electron chi connectivity index (χ0n) is 12.9. The molecule has 1 N–H and O–H groups in total. The van der Waals surface area contributed by atoms with Crippen LogP contribution >= 0.6 is 0 Å². The molecule has 3 heterocycles. The summed E-state index contributed by atoms with van der Waals surface area (Å²) in [5.74, 6) is 0.878. The lowest BCUT2D eigenvalue weighted by molar-refractivity contribution is 0.243. The summed E-state index contributed by atoms with van der Waals surface area (Å²) in [4.78, 5) is 13.6. The quantitative estimate of drug-likeness (QED) is 0.890. The van der Waals surface area contributed by atoms with Gasteiger partial charge >= 0.3 is 0 Å². The fraction of sp³-hybridized carbons (Fsp3) is 0.750. The molecule has 1 unspecified atom stereocenters. The van der Waals surface area contributed by atoms with E-state index in [1.165, 1.54) is 45.2 Å². The Labute approximate surface area is 127 Å². The van der Waals surface area contributed by atoms with Crippen LogP contribution in [0.1, 0.15) is 32.1 Å². The highest BCUT2D eigenvalue weighted by Gasteiger charge is 2.19. The summed E-state index contributed by atoms with van der Waals surface area (Å²) in [5, 5.41) is 3.64. The highest BCUT2D eigenvalue weighted by Crippen LogP contribution is 2.14. The Morgan fingerprint density at radius 3 is 2.62 bits per heavy atom. The van der Waals surface area contributed by atoms with Crippen LogP contribution in [0, 0.1) is 0 Å². The van der Waals surface area contributed by atoms with Crippen LogP contribution in [0.25, 0.3) is 0 Å². The van der Waals surface area contributed by atoms with Gasteiger partial charge in [-0.05, 0) is 44.8 Å². The number of hydrogen-bond donors (Lipinski definition) is 1. The molecule has 5 heteroatoms. The lowest BCUT2D eigenvalue weighted by Gasteiger charge is -2.35. The molecular weight excluding hydrogens is 262 g/mol. The minimum Gasteiger partial charge on any atom is -0.338 e. The van der Waals surface area contributed by atoms with Gasteiger partial charge in [-0.15, -0.1) is 0 Å². The van der Waals surface area contributed by atoms with Crippen LogP contribution in [0.2, 0.25) is 0 Å². The normalized spacial score (nSPS) is 24.2. The van der Waals surface area contributed by atoms with Crippen LogP contribution in [0.4, 0.5) is 5.95 Å². The molecule has 1 aromatic rings. The molecule has 0 spiro atoms. The second-order valence-electron chi connectivity index (χ2n) is 6.17. The number of nitrogens with zero attached hydrogens (tertiary/aromatic N) is 4. The van der Waals surface area contributed by atoms with Gasteiger partial charge in [-0.3, -0.25) is 4.90 Å². The van der Waals surface area contributed by atoms with E-state index in [9.17, 15) is 0 Å². The first-order valence-corrected chi connectivity index (χ1v) is 8.39. The molecule has 1 atom stereocenters. The standard InChI is InChI=1S/C16H27N5/c1-2-7-17-15(5-1)6-3-10-20-11-13-21(14-12-20)16-18-8-4-9-19-16/h4,8-9,15,17H,1-3,5-7,10-14H2. The molecule has 0 aliphatic carbocycles. The van der Waals surface area contributed by atoms with Crippen LogP contribution in [-0.4, -0.2) is 60.2 Å². The summed E-state index contributed by atoms with van der Waals surface area (Å²) < 4.78 is 0. The van der Waals surface area contributed by atoms with Gasteiger partial charge in [0.15, 0.2) is 0 Å². The molecule has 0 bridgehead atoms. The molecule has 2 saturated heterocycles. The summed E-state index contributed by atoms with van der Waals surface area (Å²) in [5.41, 5.74) is 0. The Hall–Kier alpha value is -1.20. The predicted molar refractivity (Wildman–Crippen MR) is 85.6 cm³/mol. The lowest BCUT2D eigenvalue weighted by Crippen LogP contribution is -2.47. The molecule has 0 aromatic carbocycles. The van der Waals surface area contributed by atoms with E-state index in [2.05, 4.69) is 25.1 Å². The topological polar surface area (TPSA) is 44.3 Å². The van der Waals surface area contributed by atoms with E-state index in [-0.39, 0.29) is 0 Å². The highest BCUT2D eigenvalue weighted by atomic mass is 15.3. The van der Waals surface area contributed by atoms with E-state index in [4.69, 9.17) is 0 Å². The fourth-order valence-electron chi connectivity index (χ4n) is 3.36. The average Bonchev–Trinajstić information content (AvgIpc) is 2.57. The molecule has 1 aromatic heterocycles. The number of rotatable bonds is 5. The summed E-state index contributed by atoms with van der Waals surface area (Å²) >= 11 is 0. The molecule has 2 aliphatic heterocycles. The minimum absolute atomic E-state index is 0.776. The van der Waals surface area contributed by atoms with Crippen molar-refractivity contribution in [2.45, 2.75) is 38.1 Å². The van der Waals surface area contributed by atoms with Gasteiger partial charge in [-0.25, -0.2) is 9.97 Å². The number of piperazine rings is 1. The molecule has 0 amide bonds. The number of nitrogens with one attached hydrogen (secondary N) is 1. The highest BCUT2D eigenvalue weighted by molar-refractivity contribution is 5.29. The summed E-state index contributed by atoms with van der Waals surface area (Å²) in [7, 11) is 0. The first-order valence-electron chi connectivity index (χ1n) is 8.39. The maximum Gasteiger partial charge on any atom is 0.225 e. The van der Waals surface area contributed by atoms with Crippen molar-refractivity contribution in [3.8, 4) is 0 Å². The molecule has 116 valence electrons. The summed E-state index contributed by atoms with van der Waals surface area (Å²) in [6.45, 7) is 6.83. The zero-order chi connectivity index (χ0) is 14.3. The van der Waals surface area contributed by atoms with E-state index >= 15 is 0 Å². The number of piperidine rings is 1. The van der Waals surface area contributed by atoms with Crippen molar-refractivity contribution >= 4 is 5.95 Å². The molecule has 0 saturated carbocycles. The SMILES string of the molecule is c1cnc(N2CCN(CCCC3CCCCN3)CC2)nc1. The van der Waals surface area contributed by atoms with E-state index in [1.807, 2.05) is 18.5 Å². The van der Waals surface area contributed by atoms with Crippen molar-refractivity contribution in [2.75, 3.05) is 44.2 Å². The van der Waals surface area contributed by atoms with Gasteiger partial charge in [0.25, 0.3) is 0 Å². The molecule has 2 fully saturated rings. The third kappa shape index (κ3) is 4.38. The monoisotopic (exact) mass is 289 g/mol. The van der Waals surface area contributed by atoms with Crippen molar-refractivity contribution in [1.82, 2.24) is 20.2 Å². The Kier molecular flexibility index (Phi) is 5.40. The van der Waals surface area contributed by atoms with Crippen LogP contribution in [0.3, 0.4) is 0 Å². The van der Waals surface area contributed by atoms with E-state index in [1.54, 1.807) is 0 Å². The second-order valence-corrected chi connectivity index (χ2v) is 6.17. The van der Waals surface area contributed by atoms with Gasteiger partial charge in [0.05, 0.1) is 0 Å². The average molecular weight is 289 g/mol. The van der Waals surface area contributed by atoms with Gasteiger partial charge in [-0.1, -0.05) is 6.42 Å². The summed E-state index contributed by atoms with van der Waals surface area (Å²) in [6.07, 6.45) is 10.5. The predicted octanol–water partition coefficient (Wildman–Crippen LogP) is 1.52. The summed E-state index contributed by atoms with van der Waals surface area (Å²) in [6, 6.07) is 2.65. The molecular formula is C16H27N5. The van der Waals surface area contributed by atoms with Crippen LogP contribution in [0.15, 0.2) is 18.5 Å². The molecule has 3 rings (SSSR count). The van der Waals surface area contributed by atoms with Crippen LogP contribution < -0.4 is 10.2 Å². The van der Waals surface area contributed by atoms with E-state index in [0.29, 0.717) is 0 Å². The van der Waals surface area contributed by atoms with Crippen molar-refractivity contribution in [1.29, 1.82) is 0 Å². The Morgan fingerprint density at radius 1 is 1.10 bits per heavy atom. The van der Waals surface area contributed by atoms with Crippen molar-refractivity contribution in [2.24, 2.45) is 0 Å². The third-order valence-corrected chi connectivity index (χ3v) is 4.65. The second kappa shape index (κ2) is 7.71. The minimum atomic E-state index is 0.776. The Bertz CT molecular complexity index is 396. The third-order valence-electron chi connectivity index (χ3n) is 4.65. The van der Waals surface area contributed by atoms with Crippen LogP contribution in [-0.2, 0) is 0 Å². The van der Waals surface area contributed by atoms with Crippen molar-refractivity contribution in [3.05, 3.63) is 18.5 Å². The van der Waals surface area contributed by atoms with E-state index in [0.717, 1.165) is 38.2 Å². The fourth-order valence-corrected chi connectivity index (χ4v) is 3.36. The van der Waals surface area contributed by atoms with E-state index < -0.39 is 0 Å². The number of hydrogen-bond acceptors (Lipinski definition) is 5. The van der Waals surface area contributed by atoms with Gasteiger partial charge in [0.2, 0.25) is 5.95 Å². The first kappa shape index (κ1) is 14.7. The molecule has 0 radical (unpaired) electrons. The maximum absolute atomic E-state index is 4.34. The molecule has 21 heavy (non-hydrogen) atoms. The number of aromatic nitrogens is 2. The number of anilines is 1. The van der Waals surface area contributed by atoms with Gasteiger partial charge in [-0.2, -0.15) is 0 Å².